The highest BCUT2D eigenvalue weighted by Gasteiger charge is 2.40. The van der Waals surface area contributed by atoms with Crippen molar-refractivity contribution < 1.29 is 0 Å². The van der Waals surface area contributed by atoms with Crippen molar-refractivity contribution in [3.05, 3.63) is 35.4 Å². The summed E-state index contributed by atoms with van der Waals surface area (Å²) in [5.41, 5.74) is 3.88. The molecule has 0 unspecified atom stereocenters. The Balaban J connectivity index is 1.49. The Kier molecular flexibility index (Phi) is 3.79. The van der Waals surface area contributed by atoms with E-state index in [0.29, 0.717) is 5.41 Å². The third-order valence-corrected chi connectivity index (χ3v) is 6.54. The van der Waals surface area contributed by atoms with E-state index >= 15 is 0 Å². The molecule has 1 aromatic rings. The molecule has 1 heteroatoms. The van der Waals surface area contributed by atoms with Gasteiger partial charge in [0.2, 0.25) is 0 Å². The lowest BCUT2D eigenvalue weighted by Crippen LogP contribution is -2.48. The summed E-state index contributed by atoms with van der Waals surface area (Å²) < 4.78 is 0. The molecule has 2 fully saturated rings. The topological polar surface area (TPSA) is 3.24 Å². The van der Waals surface area contributed by atoms with Gasteiger partial charge in [0.15, 0.2) is 0 Å². The maximum Gasteiger partial charge on any atom is 0.00952 e. The van der Waals surface area contributed by atoms with Gasteiger partial charge >= 0.3 is 0 Å². The first-order chi connectivity index (χ1) is 10.4. The molecule has 3 aliphatic rings. The van der Waals surface area contributed by atoms with Crippen molar-refractivity contribution in [3.8, 4) is 0 Å². The molecule has 1 aromatic carbocycles. The van der Waals surface area contributed by atoms with Gasteiger partial charge in [-0.25, -0.2) is 0 Å². The molecule has 2 aliphatic carbocycles. The average Bonchev–Trinajstić information content (AvgIpc) is 2.57. The van der Waals surface area contributed by atoms with Crippen LogP contribution in [0.15, 0.2) is 24.3 Å². The van der Waals surface area contributed by atoms with E-state index < -0.39 is 0 Å². The van der Waals surface area contributed by atoms with Crippen LogP contribution in [0.4, 0.5) is 0 Å². The van der Waals surface area contributed by atoms with E-state index in [2.05, 4.69) is 29.2 Å². The van der Waals surface area contributed by atoms with Crippen molar-refractivity contribution >= 4 is 0 Å². The summed E-state index contributed by atoms with van der Waals surface area (Å²) in [5, 5.41) is 0. The molecule has 1 spiro atoms. The Bertz CT molecular complexity index is 478. The van der Waals surface area contributed by atoms with Gasteiger partial charge in [-0.1, -0.05) is 43.5 Å². The third-order valence-electron chi connectivity index (χ3n) is 6.54. The first-order valence-electron chi connectivity index (χ1n) is 9.20. The minimum absolute atomic E-state index is 0.528. The number of aryl methyl sites for hydroxylation is 1. The minimum atomic E-state index is 0.528. The zero-order chi connectivity index (χ0) is 14.1. The molecule has 1 heterocycles. The zero-order valence-electron chi connectivity index (χ0n) is 13.3. The second-order valence-electron chi connectivity index (χ2n) is 7.62. The van der Waals surface area contributed by atoms with Crippen molar-refractivity contribution in [1.29, 1.82) is 0 Å². The maximum absolute atomic E-state index is 2.83. The van der Waals surface area contributed by atoms with Crippen LogP contribution in [-0.2, 0) is 11.8 Å². The predicted octanol–water partition coefficient (Wildman–Crippen LogP) is 4.69. The maximum atomic E-state index is 2.83. The molecule has 4 rings (SSSR count). The smallest absolute Gasteiger partial charge is 0.00952 e. The van der Waals surface area contributed by atoms with E-state index in [-0.39, 0.29) is 0 Å². The number of piperidine rings is 1. The largest absolute Gasteiger partial charge is 0.300 e. The molecule has 0 atom stereocenters. The van der Waals surface area contributed by atoms with E-state index in [1.807, 2.05) is 0 Å². The molecule has 0 bridgehead atoms. The lowest BCUT2D eigenvalue weighted by Gasteiger charge is -2.48. The van der Waals surface area contributed by atoms with Crippen molar-refractivity contribution in [3.63, 3.8) is 0 Å². The molecule has 0 N–H and O–H groups in total. The molecule has 1 saturated heterocycles. The molecule has 1 nitrogen and oxygen atoms in total. The molecule has 21 heavy (non-hydrogen) atoms. The Morgan fingerprint density at radius 3 is 2.43 bits per heavy atom. The zero-order valence-corrected chi connectivity index (χ0v) is 13.3. The van der Waals surface area contributed by atoms with Gasteiger partial charge in [-0.15, -0.1) is 0 Å². The van der Waals surface area contributed by atoms with Gasteiger partial charge < -0.3 is 4.90 Å². The SMILES string of the molecule is c1ccc2c(c1)CCCC21CCN(C2CCCCC2)CC1. The van der Waals surface area contributed by atoms with E-state index in [9.17, 15) is 0 Å². The Morgan fingerprint density at radius 1 is 0.857 bits per heavy atom. The van der Waals surface area contributed by atoms with Crippen LogP contribution in [0.25, 0.3) is 0 Å². The monoisotopic (exact) mass is 283 g/mol. The van der Waals surface area contributed by atoms with Gasteiger partial charge in [0, 0.05) is 6.04 Å². The highest BCUT2D eigenvalue weighted by atomic mass is 15.2. The lowest BCUT2D eigenvalue weighted by molar-refractivity contribution is 0.0856. The summed E-state index contributed by atoms with van der Waals surface area (Å²) in [6.07, 6.45) is 14.3. The van der Waals surface area contributed by atoms with E-state index in [1.54, 1.807) is 11.1 Å². The van der Waals surface area contributed by atoms with Crippen LogP contribution in [0, 0.1) is 0 Å². The quantitative estimate of drug-likeness (QED) is 0.723. The molecular formula is C20H29N. The van der Waals surface area contributed by atoms with Crippen LogP contribution < -0.4 is 0 Å². The molecule has 0 aromatic heterocycles. The van der Waals surface area contributed by atoms with Gasteiger partial charge in [-0.3, -0.25) is 0 Å². The molecule has 0 amide bonds. The number of nitrogens with zero attached hydrogens (tertiary/aromatic N) is 1. The van der Waals surface area contributed by atoms with Crippen LogP contribution in [0.5, 0.6) is 0 Å². The Hall–Kier alpha value is -0.820. The number of fused-ring (bicyclic) bond motifs is 2. The normalized spacial score (nSPS) is 26.7. The number of hydrogen-bond donors (Lipinski definition) is 0. The highest BCUT2D eigenvalue weighted by Crippen LogP contribution is 2.45. The van der Waals surface area contributed by atoms with Gasteiger partial charge in [-0.05, 0) is 74.6 Å². The molecule has 1 aliphatic heterocycles. The fraction of sp³-hybridized carbons (Fsp3) is 0.700. The van der Waals surface area contributed by atoms with Gasteiger partial charge in [0.05, 0.1) is 0 Å². The number of benzene rings is 1. The third kappa shape index (κ3) is 2.54. The average molecular weight is 283 g/mol. The first-order valence-corrected chi connectivity index (χ1v) is 9.20. The molecule has 114 valence electrons. The van der Waals surface area contributed by atoms with Crippen molar-refractivity contribution in [2.24, 2.45) is 0 Å². The standard InChI is InChI=1S/C20H29N/c1-2-9-18(10-3-1)21-15-13-20(14-16-21)12-6-8-17-7-4-5-11-19(17)20/h4-5,7,11,18H,1-3,6,8-10,12-16H2. The summed E-state index contributed by atoms with van der Waals surface area (Å²) >= 11 is 0. The highest BCUT2D eigenvalue weighted by molar-refractivity contribution is 5.37. The summed E-state index contributed by atoms with van der Waals surface area (Å²) in [4.78, 5) is 2.83. The fourth-order valence-electron chi connectivity index (χ4n) is 5.29. The fourth-order valence-corrected chi connectivity index (χ4v) is 5.29. The first kappa shape index (κ1) is 13.8. The van der Waals surface area contributed by atoms with E-state index in [1.165, 1.54) is 77.3 Å². The van der Waals surface area contributed by atoms with Crippen molar-refractivity contribution in [2.75, 3.05) is 13.1 Å². The van der Waals surface area contributed by atoms with Crippen LogP contribution >= 0.6 is 0 Å². The van der Waals surface area contributed by atoms with Gasteiger partial charge in [0.1, 0.15) is 0 Å². The van der Waals surface area contributed by atoms with Crippen LogP contribution in [-0.4, -0.2) is 24.0 Å². The second-order valence-corrected chi connectivity index (χ2v) is 7.62. The number of hydrogen-bond acceptors (Lipinski definition) is 1. The summed E-state index contributed by atoms with van der Waals surface area (Å²) in [6.45, 7) is 2.69. The van der Waals surface area contributed by atoms with Crippen LogP contribution in [0.2, 0.25) is 0 Å². The molecular weight excluding hydrogens is 254 g/mol. The van der Waals surface area contributed by atoms with Gasteiger partial charge in [0.25, 0.3) is 0 Å². The van der Waals surface area contributed by atoms with E-state index in [0.717, 1.165) is 6.04 Å². The molecule has 1 saturated carbocycles. The Morgan fingerprint density at radius 2 is 1.62 bits per heavy atom. The van der Waals surface area contributed by atoms with Crippen molar-refractivity contribution in [1.82, 2.24) is 4.90 Å². The number of likely N-dealkylation sites (tertiary alicyclic amines) is 1. The van der Waals surface area contributed by atoms with E-state index in [4.69, 9.17) is 0 Å². The minimum Gasteiger partial charge on any atom is -0.300 e. The summed E-state index contributed by atoms with van der Waals surface area (Å²) in [6, 6.07) is 10.2. The van der Waals surface area contributed by atoms with Crippen molar-refractivity contribution in [2.45, 2.75) is 75.7 Å². The second kappa shape index (κ2) is 5.76. The number of rotatable bonds is 1. The van der Waals surface area contributed by atoms with Crippen LogP contribution in [0.3, 0.4) is 0 Å². The van der Waals surface area contributed by atoms with Gasteiger partial charge in [-0.2, -0.15) is 0 Å². The molecule has 0 radical (unpaired) electrons. The van der Waals surface area contributed by atoms with Crippen LogP contribution in [0.1, 0.15) is 68.9 Å². The predicted molar refractivity (Wildman–Crippen MR) is 88.7 cm³/mol. The Labute approximate surface area is 129 Å². The lowest BCUT2D eigenvalue weighted by atomic mass is 9.64. The summed E-state index contributed by atoms with van der Waals surface area (Å²) in [5.74, 6) is 0. The summed E-state index contributed by atoms with van der Waals surface area (Å²) in [7, 11) is 0.